The number of nitrogens with one attached hydrogen (secondary N) is 2. The molecule has 0 radical (unpaired) electrons. The van der Waals surface area contributed by atoms with Crippen LogP contribution in [0.15, 0.2) is 11.1 Å². The summed E-state index contributed by atoms with van der Waals surface area (Å²) >= 11 is 0. The fourth-order valence-corrected chi connectivity index (χ4v) is 3.39. The number of aromatic nitrogens is 4. The summed E-state index contributed by atoms with van der Waals surface area (Å²) in [4.78, 5) is 23.5. The van der Waals surface area contributed by atoms with Crippen molar-refractivity contribution < 1.29 is 14.9 Å². The Morgan fingerprint density at radius 2 is 2.23 bits per heavy atom. The zero-order valence-electron chi connectivity index (χ0n) is 15.3. The van der Waals surface area contributed by atoms with Crippen molar-refractivity contribution in [1.29, 1.82) is 0 Å². The van der Waals surface area contributed by atoms with Gasteiger partial charge in [0.05, 0.1) is 19.0 Å². The number of aliphatic hydroxyl groups excluding tert-OH is 2. The molecule has 4 atom stereocenters. The van der Waals surface area contributed by atoms with Gasteiger partial charge in [-0.2, -0.15) is 4.98 Å². The smallest absolute Gasteiger partial charge is 0.280 e. The highest BCUT2D eigenvalue weighted by Crippen LogP contribution is 2.37. The predicted molar refractivity (Wildman–Crippen MR) is 96.9 cm³/mol. The largest absolute Gasteiger partial charge is 0.394 e. The third kappa shape index (κ3) is 3.46. The lowest BCUT2D eigenvalue weighted by molar-refractivity contribution is -0.0493. The van der Waals surface area contributed by atoms with Gasteiger partial charge in [0.25, 0.3) is 5.56 Å². The Kier molecular flexibility index (Phi) is 5.59. The van der Waals surface area contributed by atoms with E-state index in [1.54, 1.807) is 4.57 Å². The van der Waals surface area contributed by atoms with Crippen LogP contribution in [-0.2, 0) is 4.74 Å². The SMILES string of the molecule is CCCC1[C@@H](CO)O[C@@H](n2cnc3c(=O)[nH]c(NCC(C)C)nc32)[C@H]1O. The molecule has 0 spiro atoms. The maximum atomic E-state index is 12.3. The summed E-state index contributed by atoms with van der Waals surface area (Å²) in [5, 5.41) is 23.4. The number of rotatable bonds is 7. The molecule has 4 N–H and O–H groups in total. The van der Waals surface area contributed by atoms with Gasteiger partial charge in [-0.05, 0) is 12.3 Å². The quantitative estimate of drug-likeness (QED) is 0.573. The number of nitrogens with zero attached hydrogens (tertiary/aromatic N) is 3. The average molecular weight is 365 g/mol. The molecular formula is C17H27N5O4. The molecule has 2 aromatic rings. The van der Waals surface area contributed by atoms with Crippen LogP contribution in [-0.4, -0.2) is 55.1 Å². The lowest BCUT2D eigenvalue weighted by Crippen LogP contribution is -2.28. The Balaban J connectivity index is 1.96. The first-order valence-electron chi connectivity index (χ1n) is 9.11. The van der Waals surface area contributed by atoms with E-state index in [0.717, 1.165) is 12.8 Å². The van der Waals surface area contributed by atoms with Crippen molar-refractivity contribution in [1.82, 2.24) is 19.5 Å². The number of anilines is 1. The van der Waals surface area contributed by atoms with Gasteiger partial charge in [-0.15, -0.1) is 0 Å². The summed E-state index contributed by atoms with van der Waals surface area (Å²) < 4.78 is 7.45. The molecule has 0 bridgehead atoms. The number of fused-ring (bicyclic) bond motifs is 1. The third-order valence-corrected chi connectivity index (χ3v) is 4.71. The first kappa shape index (κ1) is 18.8. The number of H-pyrrole nitrogens is 1. The Bertz CT molecular complexity index is 802. The molecule has 9 heteroatoms. The summed E-state index contributed by atoms with van der Waals surface area (Å²) in [5.74, 6) is 0.572. The average Bonchev–Trinajstić information content (AvgIpc) is 3.15. The van der Waals surface area contributed by atoms with Crippen LogP contribution >= 0.6 is 0 Å². The van der Waals surface area contributed by atoms with Crippen molar-refractivity contribution in [3.05, 3.63) is 16.7 Å². The molecule has 1 aliphatic rings. The van der Waals surface area contributed by atoms with E-state index in [2.05, 4.69) is 34.1 Å². The molecule has 26 heavy (non-hydrogen) atoms. The van der Waals surface area contributed by atoms with Crippen molar-refractivity contribution in [2.24, 2.45) is 11.8 Å². The van der Waals surface area contributed by atoms with Crippen molar-refractivity contribution in [3.8, 4) is 0 Å². The van der Waals surface area contributed by atoms with Crippen LogP contribution in [0, 0.1) is 11.8 Å². The van der Waals surface area contributed by atoms with Gasteiger partial charge in [0.2, 0.25) is 5.95 Å². The topological polar surface area (TPSA) is 125 Å². The van der Waals surface area contributed by atoms with Gasteiger partial charge in [0.15, 0.2) is 17.4 Å². The van der Waals surface area contributed by atoms with Gasteiger partial charge < -0.3 is 20.3 Å². The van der Waals surface area contributed by atoms with Crippen LogP contribution in [0.3, 0.4) is 0 Å². The molecule has 3 rings (SSSR count). The molecule has 0 amide bonds. The third-order valence-electron chi connectivity index (χ3n) is 4.71. The summed E-state index contributed by atoms with van der Waals surface area (Å²) in [5.41, 5.74) is 0.185. The van der Waals surface area contributed by atoms with Crippen LogP contribution < -0.4 is 10.9 Å². The minimum Gasteiger partial charge on any atom is -0.394 e. The lowest BCUT2D eigenvalue weighted by Gasteiger charge is -2.18. The number of aromatic amines is 1. The predicted octanol–water partition coefficient (Wildman–Crippen LogP) is 0.854. The van der Waals surface area contributed by atoms with E-state index >= 15 is 0 Å². The standard InChI is InChI=1S/C17H27N5O4/c1-4-5-10-11(7-23)26-16(13(10)24)22-8-19-12-14(22)20-17(21-15(12)25)18-6-9(2)3/h8-11,13,16,23-24H,4-7H2,1-3H3,(H2,18,20,21,25)/t10?,11-,13+,16-/m1/s1. The molecule has 1 aliphatic heterocycles. The van der Waals surface area contributed by atoms with E-state index in [-0.39, 0.29) is 23.6 Å². The van der Waals surface area contributed by atoms with Crippen molar-refractivity contribution in [2.75, 3.05) is 18.5 Å². The second-order valence-electron chi connectivity index (χ2n) is 7.20. The van der Waals surface area contributed by atoms with E-state index in [4.69, 9.17) is 4.74 Å². The van der Waals surface area contributed by atoms with Crippen molar-refractivity contribution >= 4 is 17.1 Å². The van der Waals surface area contributed by atoms with Crippen LogP contribution in [0.1, 0.15) is 39.8 Å². The minimum absolute atomic E-state index is 0.167. The molecule has 0 saturated carbocycles. The second-order valence-corrected chi connectivity index (χ2v) is 7.20. The fraction of sp³-hybridized carbons (Fsp3) is 0.706. The van der Waals surface area contributed by atoms with E-state index in [1.807, 2.05) is 6.92 Å². The summed E-state index contributed by atoms with van der Waals surface area (Å²) in [6.45, 7) is 6.63. The van der Waals surface area contributed by atoms with Crippen LogP contribution in [0.2, 0.25) is 0 Å². The van der Waals surface area contributed by atoms with Crippen molar-refractivity contribution in [2.45, 2.75) is 52.0 Å². The summed E-state index contributed by atoms with van der Waals surface area (Å²) in [7, 11) is 0. The Morgan fingerprint density at radius 3 is 2.88 bits per heavy atom. The molecule has 0 aliphatic carbocycles. The number of ether oxygens (including phenoxy) is 1. The zero-order chi connectivity index (χ0) is 18.8. The van der Waals surface area contributed by atoms with Gasteiger partial charge in [-0.25, -0.2) is 4.98 Å². The van der Waals surface area contributed by atoms with E-state index in [9.17, 15) is 15.0 Å². The molecule has 3 heterocycles. The number of hydrogen-bond donors (Lipinski definition) is 4. The van der Waals surface area contributed by atoms with E-state index < -0.39 is 18.4 Å². The van der Waals surface area contributed by atoms with Gasteiger partial charge in [-0.1, -0.05) is 27.2 Å². The highest BCUT2D eigenvalue weighted by Gasteiger charge is 2.44. The fourth-order valence-electron chi connectivity index (χ4n) is 3.39. The second kappa shape index (κ2) is 7.73. The summed E-state index contributed by atoms with van der Waals surface area (Å²) in [6, 6.07) is 0. The highest BCUT2D eigenvalue weighted by atomic mass is 16.5. The number of imidazole rings is 1. The molecule has 9 nitrogen and oxygen atoms in total. The van der Waals surface area contributed by atoms with Crippen LogP contribution in [0.25, 0.3) is 11.2 Å². The van der Waals surface area contributed by atoms with E-state index in [1.165, 1.54) is 6.33 Å². The highest BCUT2D eigenvalue weighted by molar-refractivity contribution is 5.70. The number of aliphatic hydroxyl groups is 2. The van der Waals surface area contributed by atoms with Crippen LogP contribution in [0.4, 0.5) is 5.95 Å². The van der Waals surface area contributed by atoms with Crippen LogP contribution in [0.5, 0.6) is 0 Å². The molecule has 2 aromatic heterocycles. The maximum Gasteiger partial charge on any atom is 0.280 e. The molecule has 1 unspecified atom stereocenters. The normalized spacial score (nSPS) is 26.1. The maximum absolute atomic E-state index is 12.3. The Hall–Kier alpha value is -1.97. The molecular weight excluding hydrogens is 338 g/mol. The van der Waals surface area contributed by atoms with Gasteiger partial charge in [0, 0.05) is 12.5 Å². The minimum atomic E-state index is -0.808. The first-order chi connectivity index (χ1) is 12.5. The van der Waals surface area contributed by atoms with E-state index in [0.29, 0.717) is 24.1 Å². The van der Waals surface area contributed by atoms with Gasteiger partial charge in [0.1, 0.15) is 6.10 Å². The molecule has 0 aromatic carbocycles. The summed E-state index contributed by atoms with van der Waals surface area (Å²) in [6.07, 6.45) is 1.08. The Labute approximate surface area is 151 Å². The Morgan fingerprint density at radius 1 is 1.46 bits per heavy atom. The molecule has 1 saturated heterocycles. The zero-order valence-corrected chi connectivity index (χ0v) is 15.3. The van der Waals surface area contributed by atoms with Gasteiger partial charge in [-0.3, -0.25) is 14.3 Å². The molecule has 1 fully saturated rings. The first-order valence-corrected chi connectivity index (χ1v) is 9.11. The monoisotopic (exact) mass is 365 g/mol. The van der Waals surface area contributed by atoms with Gasteiger partial charge >= 0.3 is 0 Å². The van der Waals surface area contributed by atoms with Crippen molar-refractivity contribution in [3.63, 3.8) is 0 Å². The lowest BCUT2D eigenvalue weighted by atomic mass is 9.93. The molecule has 144 valence electrons. The number of hydrogen-bond acceptors (Lipinski definition) is 7.